The molecule has 0 bridgehead atoms. The molecule has 2 aromatic rings. The van der Waals surface area contributed by atoms with E-state index in [1.165, 1.54) is 5.56 Å². The van der Waals surface area contributed by atoms with Crippen LogP contribution in [0.2, 0.25) is 0 Å². The molecule has 0 amide bonds. The average Bonchev–Trinajstić information content (AvgIpc) is 2.99. The van der Waals surface area contributed by atoms with E-state index in [-0.39, 0.29) is 23.6 Å². The van der Waals surface area contributed by atoms with E-state index in [0.717, 1.165) is 32.5 Å². The molecule has 1 aromatic carbocycles. The first-order valence-corrected chi connectivity index (χ1v) is 11.0. The summed E-state index contributed by atoms with van der Waals surface area (Å²) < 4.78 is 24.6. The Morgan fingerprint density at radius 1 is 0.962 bits per heavy atom. The monoisotopic (exact) mass is 372 g/mol. The van der Waals surface area contributed by atoms with Crippen molar-refractivity contribution in [1.29, 1.82) is 0 Å². The van der Waals surface area contributed by atoms with Crippen LogP contribution < -0.4 is 4.90 Å². The molecule has 0 saturated carbocycles. The fourth-order valence-corrected chi connectivity index (χ4v) is 6.13. The fraction of sp³-hybridized carbons (Fsp3) is 0.474. The van der Waals surface area contributed by atoms with Gasteiger partial charge in [-0.3, -0.25) is 4.90 Å². The lowest BCUT2D eigenvalue weighted by Crippen LogP contribution is -2.59. The van der Waals surface area contributed by atoms with Gasteiger partial charge in [-0.2, -0.15) is 0 Å². The number of piperazine rings is 1. The van der Waals surface area contributed by atoms with E-state index in [9.17, 15) is 8.42 Å². The molecule has 7 heteroatoms. The summed E-state index contributed by atoms with van der Waals surface area (Å²) in [6.07, 6.45) is 5.49. The zero-order valence-corrected chi connectivity index (χ0v) is 15.6. The summed E-state index contributed by atoms with van der Waals surface area (Å²) in [5.74, 6) is 1.08. The van der Waals surface area contributed by atoms with E-state index in [4.69, 9.17) is 0 Å². The van der Waals surface area contributed by atoms with Gasteiger partial charge in [-0.15, -0.1) is 0 Å². The predicted molar refractivity (Wildman–Crippen MR) is 102 cm³/mol. The van der Waals surface area contributed by atoms with Crippen LogP contribution in [-0.2, 0) is 16.3 Å². The fourth-order valence-electron chi connectivity index (χ4n) is 4.12. The average molecular weight is 372 g/mol. The van der Waals surface area contributed by atoms with Gasteiger partial charge in [0.15, 0.2) is 9.84 Å². The molecule has 0 radical (unpaired) electrons. The van der Waals surface area contributed by atoms with E-state index < -0.39 is 9.84 Å². The number of fused-ring (bicyclic) bond motifs is 1. The van der Waals surface area contributed by atoms with Crippen molar-refractivity contribution in [2.45, 2.75) is 24.9 Å². The number of hydrogen-bond donors (Lipinski definition) is 0. The molecule has 1 aromatic heterocycles. The SMILES string of the molecule is O=S1(=O)C[C@@H]2[C@H](C1)N(CCCc1ccccc1)CCN2c1ncccn1. The molecule has 4 rings (SSSR count). The van der Waals surface area contributed by atoms with Gasteiger partial charge in [-0.25, -0.2) is 18.4 Å². The second-order valence-electron chi connectivity index (χ2n) is 7.08. The van der Waals surface area contributed by atoms with Gasteiger partial charge in [0.05, 0.1) is 17.5 Å². The predicted octanol–water partition coefficient (Wildman–Crippen LogP) is 1.40. The van der Waals surface area contributed by atoms with E-state index in [0.29, 0.717) is 5.95 Å². The molecule has 2 aliphatic heterocycles. The van der Waals surface area contributed by atoms with Gasteiger partial charge >= 0.3 is 0 Å². The Morgan fingerprint density at radius 3 is 2.46 bits per heavy atom. The van der Waals surface area contributed by atoms with Gasteiger partial charge in [0.2, 0.25) is 5.95 Å². The Hall–Kier alpha value is -1.99. The lowest BCUT2D eigenvalue weighted by molar-refractivity contribution is 0.165. The van der Waals surface area contributed by atoms with Crippen molar-refractivity contribution in [2.75, 3.05) is 36.0 Å². The molecule has 3 heterocycles. The van der Waals surface area contributed by atoms with Crippen LogP contribution in [0.5, 0.6) is 0 Å². The zero-order valence-electron chi connectivity index (χ0n) is 14.7. The number of rotatable bonds is 5. The van der Waals surface area contributed by atoms with Crippen LogP contribution >= 0.6 is 0 Å². The van der Waals surface area contributed by atoms with Crippen molar-refractivity contribution in [3.05, 3.63) is 54.4 Å². The van der Waals surface area contributed by atoms with Crippen LogP contribution in [0, 0.1) is 0 Å². The molecule has 0 spiro atoms. The van der Waals surface area contributed by atoms with Crippen LogP contribution in [0.15, 0.2) is 48.8 Å². The molecule has 2 atom stereocenters. The highest BCUT2D eigenvalue weighted by molar-refractivity contribution is 7.91. The Morgan fingerprint density at radius 2 is 1.69 bits per heavy atom. The van der Waals surface area contributed by atoms with Gasteiger partial charge in [-0.05, 0) is 31.0 Å². The van der Waals surface area contributed by atoms with E-state index in [1.807, 2.05) is 6.07 Å². The summed E-state index contributed by atoms with van der Waals surface area (Å²) in [5.41, 5.74) is 1.33. The first-order chi connectivity index (χ1) is 12.6. The number of nitrogens with zero attached hydrogens (tertiary/aromatic N) is 4. The third-order valence-electron chi connectivity index (χ3n) is 5.35. The van der Waals surface area contributed by atoms with Crippen molar-refractivity contribution in [1.82, 2.24) is 14.9 Å². The lowest BCUT2D eigenvalue weighted by Gasteiger charge is -2.43. The molecular formula is C19H24N4O2S. The second-order valence-corrected chi connectivity index (χ2v) is 9.23. The molecule has 2 saturated heterocycles. The minimum absolute atomic E-state index is 0.0355. The summed E-state index contributed by atoms with van der Waals surface area (Å²) in [5, 5.41) is 0. The van der Waals surface area contributed by atoms with Crippen LogP contribution in [0.1, 0.15) is 12.0 Å². The number of anilines is 1. The summed E-state index contributed by atoms with van der Waals surface area (Å²) >= 11 is 0. The minimum atomic E-state index is -3.02. The van der Waals surface area contributed by atoms with Crippen molar-refractivity contribution < 1.29 is 8.42 Å². The lowest BCUT2D eigenvalue weighted by atomic mass is 10.0. The van der Waals surface area contributed by atoms with Crippen LogP contribution in [0.4, 0.5) is 5.95 Å². The summed E-state index contributed by atoms with van der Waals surface area (Å²) in [6.45, 7) is 2.55. The Labute approximate surface area is 154 Å². The van der Waals surface area contributed by atoms with Gasteiger partial charge in [0.25, 0.3) is 0 Å². The van der Waals surface area contributed by atoms with Gasteiger partial charge in [0.1, 0.15) is 0 Å². The number of aryl methyl sites for hydroxylation is 1. The quantitative estimate of drug-likeness (QED) is 0.790. The van der Waals surface area contributed by atoms with Crippen LogP contribution in [0.25, 0.3) is 0 Å². The Bertz CT molecular complexity index is 827. The van der Waals surface area contributed by atoms with Gasteiger partial charge in [0, 0.05) is 31.5 Å². The molecule has 0 unspecified atom stereocenters. The van der Waals surface area contributed by atoms with Crippen molar-refractivity contribution in [3.8, 4) is 0 Å². The molecular weight excluding hydrogens is 348 g/mol. The van der Waals surface area contributed by atoms with E-state index >= 15 is 0 Å². The van der Waals surface area contributed by atoms with E-state index in [2.05, 4.69) is 44.0 Å². The van der Waals surface area contributed by atoms with Gasteiger partial charge in [-0.1, -0.05) is 30.3 Å². The molecule has 26 heavy (non-hydrogen) atoms. The molecule has 2 aliphatic rings. The third-order valence-corrected chi connectivity index (χ3v) is 7.05. The molecule has 0 aliphatic carbocycles. The van der Waals surface area contributed by atoms with Crippen molar-refractivity contribution >= 4 is 15.8 Å². The molecule has 6 nitrogen and oxygen atoms in total. The van der Waals surface area contributed by atoms with Crippen LogP contribution in [0.3, 0.4) is 0 Å². The number of hydrogen-bond acceptors (Lipinski definition) is 6. The standard InChI is InChI=1S/C19H24N4O2S/c24-26(25)14-17-18(15-26)23(19-20-9-5-10-21-19)13-12-22(17)11-4-8-16-6-2-1-3-7-16/h1-3,5-7,9-10,17-18H,4,8,11-15H2/t17-,18+/m0/s1. The first kappa shape index (κ1) is 17.4. The highest BCUT2D eigenvalue weighted by Crippen LogP contribution is 2.29. The maximum Gasteiger partial charge on any atom is 0.225 e. The highest BCUT2D eigenvalue weighted by Gasteiger charge is 2.47. The zero-order chi connectivity index (χ0) is 18.0. The number of sulfone groups is 1. The number of aromatic nitrogens is 2. The van der Waals surface area contributed by atoms with E-state index in [1.54, 1.807) is 18.5 Å². The van der Waals surface area contributed by atoms with Crippen molar-refractivity contribution in [3.63, 3.8) is 0 Å². The first-order valence-electron chi connectivity index (χ1n) is 9.14. The van der Waals surface area contributed by atoms with Crippen LogP contribution in [-0.4, -0.2) is 66.5 Å². The van der Waals surface area contributed by atoms with Gasteiger partial charge < -0.3 is 4.90 Å². The Balaban J connectivity index is 1.45. The summed E-state index contributed by atoms with van der Waals surface area (Å²) in [7, 11) is -3.02. The highest BCUT2D eigenvalue weighted by atomic mass is 32.2. The second kappa shape index (κ2) is 7.32. The maximum atomic E-state index is 12.3. The third kappa shape index (κ3) is 3.73. The molecule has 2 fully saturated rings. The largest absolute Gasteiger partial charge is 0.334 e. The minimum Gasteiger partial charge on any atom is -0.334 e. The maximum absolute atomic E-state index is 12.3. The normalized spacial score (nSPS) is 25.2. The van der Waals surface area contributed by atoms with Crippen molar-refractivity contribution in [2.24, 2.45) is 0 Å². The summed E-state index contributed by atoms with van der Waals surface area (Å²) in [4.78, 5) is 13.1. The topological polar surface area (TPSA) is 66.4 Å². The summed E-state index contributed by atoms with van der Waals surface area (Å²) in [6, 6.07) is 12.2. The molecule has 138 valence electrons. The number of benzene rings is 1. The molecule has 0 N–H and O–H groups in total. The smallest absolute Gasteiger partial charge is 0.225 e. The Kier molecular flexibility index (Phi) is 4.91.